The average Bonchev–Trinajstić information content (AvgIpc) is 3.52. The van der Waals surface area contributed by atoms with E-state index in [1.54, 1.807) is 26.8 Å². The van der Waals surface area contributed by atoms with Crippen LogP contribution in [0.5, 0.6) is 0 Å². The summed E-state index contributed by atoms with van der Waals surface area (Å²) < 4.78 is 5.26. The van der Waals surface area contributed by atoms with Crippen LogP contribution in [0.1, 0.15) is 25.6 Å². The molecule has 0 saturated carbocycles. The van der Waals surface area contributed by atoms with Crippen molar-refractivity contribution in [2.75, 3.05) is 11.4 Å². The maximum absolute atomic E-state index is 13.2. The van der Waals surface area contributed by atoms with E-state index in [9.17, 15) is 19.6 Å². The molecule has 0 radical (unpaired) electrons. The molecule has 0 aliphatic carbocycles. The van der Waals surface area contributed by atoms with Gasteiger partial charge in [0.05, 0.1) is 5.57 Å². The molecule has 3 aromatic carbocycles. The highest BCUT2D eigenvalue weighted by Crippen LogP contribution is 2.39. The lowest BCUT2D eigenvalue weighted by Gasteiger charge is -2.25. The van der Waals surface area contributed by atoms with Crippen LogP contribution in [-0.4, -0.2) is 34.8 Å². The third kappa shape index (κ3) is 5.81. The predicted octanol–water partition coefficient (Wildman–Crippen LogP) is 6.87. The van der Waals surface area contributed by atoms with E-state index in [1.807, 2.05) is 72.8 Å². The molecule has 0 atom stereocenters. The second kappa shape index (κ2) is 11.2. The number of nitrogens with zero attached hydrogens (tertiary/aromatic N) is 3. The van der Waals surface area contributed by atoms with Gasteiger partial charge in [-0.1, -0.05) is 48.5 Å². The lowest BCUT2D eigenvalue weighted by atomic mass is 10.1. The number of hydrogen-bond donors (Lipinski definition) is 0. The topological polar surface area (TPSA) is 90.7 Å². The van der Waals surface area contributed by atoms with Crippen LogP contribution in [0.2, 0.25) is 0 Å². The van der Waals surface area contributed by atoms with Gasteiger partial charge in [-0.05, 0) is 74.9 Å². The summed E-state index contributed by atoms with van der Waals surface area (Å²) in [7, 11) is 0. The summed E-state index contributed by atoms with van der Waals surface area (Å²) in [6, 6.07) is 33.7. The van der Waals surface area contributed by atoms with Gasteiger partial charge in [0.15, 0.2) is 0 Å². The Kier molecular flexibility index (Phi) is 7.56. The molecule has 1 aliphatic heterocycles. The van der Waals surface area contributed by atoms with E-state index >= 15 is 0 Å². The number of carbonyl (C=O) groups is 3. The van der Waals surface area contributed by atoms with Crippen LogP contribution < -0.4 is 4.90 Å². The van der Waals surface area contributed by atoms with Gasteiger partial charge < -0.3 is 9.64 Å². The first-order chi connectivity index (χ1) is 19.7. The van der Waals surface area contributed by atoms with Crippen molar-refractivity contribution in [3.63, 3.8) is 0 Å². The van der Waals surface area contributed by atoms with Crippen LogP contribution in [0.3, 0.4) is 0 Å². The molecule has 2 heterocycles. The number of esters is 1. The molecule has 204 valence electrons. The van der Waals surface area contributed by atoms with Crippen LogP contribution in [0, 0.1) is 11.3 Å². The van der Waals surface area contributed by atoms with Crippen LogP contribution in [0.4, 0.5) is 17.1 Å². The first-order valence-electron chi connectivity index (χ1n) is 13.0. The number of carbonyl (C=O) groups excluding carboxylic acids is 3. The molecule has 1 aliphatic rings. The lowest BCUT2D eigenvalue weighted by molar-refractivity contribution is -0.160. The summed E-state index contributed by atoms with van der Waals surface area (Å²) in [6.45, 7) is 4.54. The Morgan fingerprint density at radius 3 is 1.88 bits per heavy atom. The standard InChI is InChI=1S/C33H27N3O4S/c1-33(2,3)40-29(37)21-35-31(38)26(20-34)30(32(35)39)28-19-18-27(41-28)22-14-16-25(17-15-22)36(23-10-6-4-7-11-23)24-12-8-5-9-13-24/h4-19H,21H2,1-3H3. The Morgan fingerprint density at radius 2 is 1.34 bits per heavy atom. The number of nitriles is 1. The third-order valence-electron chi connectivity index (χ3n) is 6.28. The van der Waals surface area contributed by atoms with E-state index in [1.165, 1.54) is 11.3 Å². The molecule has 0 spiro atoms. The van der Waals surface area contributed by atoms with Crippen molar-refractivity contribution in [1.29, 1.82) is 5.26 Å². The monoisotopic (exact) mass is 561 g/mol. The zero-order valence-electron chi connectivity index (χ0n) is 22.8. The molecule has 0 N–H and O–H groups in total. The number of amides is 2. The molecule has 7 nitrogen and oxygen atoms in total. The maximum Gasteiger partial charge on any atom is 0.326 e. The van der Waals surface area contributed by atoms with Gasteiger partial charge in [-0.25, -0.2) is 0 Å². The lowest BCUT2D eigenvalue weighted by Crippen LogP contribution is -2.39. The molecular weight excluding hydrogens is 534 g/mol. The minimum absolute atomic E-state index is 0.00765. The molecule has 0 bridgehead atoms. The largest absolute Gasteiger partial charge is 0.459 e. The smallest absolute Gasteiger partial charge is 0.326 e. The van der Waals surface area contributed by atoms with E-state index < -0.39 is 29.9 Å². The maximum atomic E-state index is 13.2. The zero-order chi connectivity index (χ0) is 29.1. The van der Waals surface area contributed by atoms with Gasteiger partial charge in [-0.3, -0.25) is 19.3 Å². The van der Waals surface area contributed by atoms with Gasteiger partial charge >= 0.3 is 5.97 Å². The fraction of sp³-hybridized carbons (Fsp3) is 0.152. The van der Waals surface area contributed by atoms with Gasteiger partial charge in [-0.15, -0.1) is 11.3 Å². The van der Waals surface area contributed by atoms with Crippen molar-refractivity contribution in [3.8, 4) is 16.5 Å². The summed E-state index contributed by atoms with van der Waals surface area (Å²) >= 11 is 1.31. The fourth-order valence-corrected chi connectivity index (χ4v) is 5.61. The average molecular weight is 562 g/mol. The van der Waals surface area contributed by atoms with Crippen LogP contribution >= 0.6 is 11.3 Å². The number of hydrogen-bond acceptors (Lipinski definition) is 7. The first-order valence-corrected chi connectivity index (χ1v) is 13.8. The number of benzene rings is 3. The van der Waals surface area contributed by atoms with Crippen molar-refractivity contribution in [3.05, 3.63) is 108 Å². The first kappa shape index (κ1) is 27.6. The summed E-state index contributed by atoms with van der Waals surface area (Å²) in [5.74, 6) is -2.19. The van der Waals surface area contributed by atoms with Crippen LogP contribution in [0.15, 0.2) is 103 Å². The highest BCUT2D eigenvalue weighted by Gasteiger charge is 2.41. The molecule has 4 aromatic rings. The molecule has 0 saturated heterocycles. The minimum Gasteiger partial charge on any atom is -0.459 e. The quantitative estimate of drug-likeness (QED) is 0.181. The molecular formula is C33H27N3O4S. The molecule has 2 amide bonds. The molecule has 0 unspecified atom stereocenters. The second-order valence-corrected chi connectivity index (χ2v) is 11.4. The van der Waals surface area contributed by atoms with Crippen LogP contribution in [0.25, 0.3) is 16.0 Å². The summed E-state index contributed by atoms with van der Waals surface area (Å²) in [4.78, 5) is 42.7. The van der Waals surface area contributed by atoms with E-state index in [-0.39, 0.29) is 11.1 Å². The fourth-order valence-electron chi connectivity index (χ4n) is 4.56. The van der Waals surface area contributed by atoms with E-state index in [0.717, 1.165) is 32.4 Å². The summed E-state index contributed by atoms with van der Waals surface area (Å²) in [6.07, 6.45) is 0. The number of rotatable bonds is 7. The zero-order valence-corrected chi connectivity index (χ0v) is 23.6. The normalized spacial score (nSPS) is 13.4. The van der Waals surface area contributed by atoms with Crippen molar-refractivity contribution >= 4 is 51.8 Å². The van der Waals surface area contributed by atoms with Crippen molar-refractivity contribution in [1.82, 2.24) is 4.90 Å². The molecule has 5 rings (SSSR count). The summed E-state index contributed by atoms with van der Waals surface area (Å²) in [5, 5.41) is 9.69. The van der Waals surface area contributed by atoms with Crippen molar-refractivity contribution < 1.29 is 19.1 Å². The Balaban J connectivity index is 1.41. The Hall–Kier alpha value is -5.00. The Bertz CT molecular complexity index is 1640. The molecule has 1 aromatic heterocycles. The Labute approximate surface area is 242 Å². The van der Waals surface area contributed by atoms with E-state index in [4.69, 9.17) is 4.74 Å². The summed E-state index contributed by atoms with van der Waals surface area (Å²) in [5.41, 5.74) is 2.92. The highest BCUT2D eigenvalue weighted by atomic mass is 32.1. The second-order valence-electron chi connectivity index (χ2n) is 10.4. The SMILES string of the molecule is CC(C)(C)OC(=O)CN1C(=O)C(C#N)=C(c2ccc(-c3ccc(N(c4ccccc4)c4ccccc4)cc3)s2)C1=O. The number of anilines is 3. The Morgan fingerprint density at radius 1 is 0.805 bits per heavy atom. The van der Waals surface area contributed by atoms with Crippen LogP contribution in [-0.2, 0) is 19.1 Å². The number of ether oxygens (including phenoxy) is 1. The number of thiophene rings is 1. The van der Waals surface area contributed by atoms with Crippen molar-refractivity contribution in [2.24, 2.45) is 0 Å². The van der Waals surface area contributed by atoms with E-state index in [0.29, 0.717) is 4.88 Å². The predicted molar refractivity (Wildman–Crippen MR) is 160 cm³/mol. The number of para-hydroxylation sites is 2. The van der Waals surface area contributed by atoms with Gasteiger partial charge in [-0.2, -0.15) is 5.26 Å². The highest BCUT2D eigenvalue weighted by molar-refractivity contribution is 7.17. The minimum atomic E-state index is -0.792. The third-order valence-corrected chi connectivity index (χ3v) is 7.43. The number of imide groups is 1. The molecule has 41 heavy (non-hydrogen) atoms. The van der Waals surface area contributed by atoms with Gasteiger partial charge in [0, 0.05) is 26.8 Å². The van der Waals surface area contributed by atoms with E-state index in [2.05, 4.69) is 29.2 Å². The van der Waals surface area contributed by atoms with Gasteiger partial charge in [0.25, 0.3) is 11.8 Å². The van der Waals surface area contributed by atoms with Gasteiger partial charge in [0.1, 0.15) is 23.8 Å². The molecule has 8 heteroatoms. The van der Waals surface area contributed by atoms with Crippen molar-refractivity contribution in [2.45, 2.75) is 26.4 Å². The molecule has 0 fully saturated rings. The van der Waals surface area contributed by atoms with Gasteiger partial charge in [0.2, 0.25) is 0 Å².